The Balaban J connectivity index is 1.69. The van der Waals surface area contributed by atoms with E-state index in [4.69, 9.17) is 14.7 Å². The van der Waals surface area contributed by atoms with E-state index < -0.39 is 34.8 Å². The van der Waals surface area contributed by atoms with Gasteiger partial charge in [0.1, 0.15) is 5.56 Å². The number of benzene rings is 2. The van der Waals surface area contributed by atoms with Crippen LogP contribution in [0.3, 0.4) is 0 Å². The van der Waals surface area contributed by atoms with Crippen molar-refractivity contribution in [3.63, 3.8) is 0 Å². The number of carbonyl (C=O) groups excluding carboxylic acids is 2. The van der Waals surface area contributed by atoms with Gasteiger partial charge in [-0.15, -0.1) is 10.2 Å². The summed E-state index contributed by atoms with van der Waals surface area (Å²) in [5.74, 6) is -1.59. The van der Waals surface area contributed by atoms with Gasteiger partial charge in [-0.2, -0.15) is 18.4 Å². The Bertz CT molecular complexity index is 1450. The molecule has 10 nitrogen and oxygen atoms in total. The molecule has 0 spiro atoms. The number of carbonyl (C=O) groups is 2. The zero-order valence-corrected chi connectivity index (χ0v) is 20.9. The fourth-order valence-electron chi connectivity index (χ4n) is 4.01. The van der Waals surface area contributed by atoms with Crippen LogP contribution in [0.15, 0.2) is 42.5 Å². The maximum Gasteiger partial charge on any atom is 0.435 e. The number of amides is 2. The van der Waals surface area contributed by atoms with Gasteiger partial charge in [-0.3, -0.25) is 9.59 Å². The summed E-state index contributed by atoms with van der Waals surface area (Å²) in [5, 5.41) is 21.6. The van der Waals surface area contributed by atoms with Crippen LogP contribution in [0.4, 0.5) is 18.9 Å². The number of hydrogen-bond acceptors (Lipinski definition) is 8. The van der Waals surface area contributed by atoms with E-state index in [-0.39, 0.29) is 28.7 Å². The zero-order valence-electron chi connectivity index (χ0n) is 20.9. The lowest BCUT2D eigenvalue weighted by molar-refractivity contribution is -0.142. The Morgan fingerprint density at radius 2 is 1.85 bits per heavy atom. The minimum Gasteiger partial charge on any atom is -0.493 e. The predicted octanol–water partition coefficient (Wildman–Crippen LogP) is 3.77. The van der Waals surface area contributed by atoms with Gasteiger partial charge in [0.25, 0.3) is 17.7 Å². The predicted molar refractivity (Wildman–Crippen MR) is 133 cm³/mol. The minimum absolute atomic E-state index is 0.00243. The van der Waals surface area contributed by atoms with Crippen molar-refractivity contribution in [1.29, 1.82) is 5.26 Å². The number of hydrogen-bond donors (Lipinski definition) is 2. The first-order valence-electron chi connectivity index (χ1n) is 11.7. The van der Waals surface area contributed by atoms with Gasteiger partial charge in [0.05, 0.1) is 18.7 Å². The number of ether oxygens (including phenoxy) is 2. The highest BCUT2D eigenvalue weighted by Crippen LogP contribution is 2.37. The molecule has 3 aromatic rings. The SMILES string of the molecule is COc1cc(C#N)ccc1Oc1nnc(C(F)(F)F)c(C)c1C(=O)Nc1cccc(C(=O)N2CCNCC2)c1. The first-order chi connectivity index (χ1) is 18.6. The second-order valence-electron chi connectivity index (χ2n) is 8.51. The lowest BCUT2D eigenvalue weighted by Gasteiger charge is -2.27. The van der Waals surface area contributed by atoms with Gasteiger partial charge in [0.15, 0.2) is 17.2 Å². The number of nitriles is 1. The molecule has 2 aromatic carbocycles. The van der Waals surface area contributed by atoms with Crippen molar-refractivity contribution < 1.29 is 32.2 Å². The Morgan fingerprint density at radius 1 is 1.10 bits per heavy atom. The monoisotopic (exact) mass is 540 g/mol. The number of nitrogens with zero attached hydrogens (tertiary/aromatic N) is 4. The number of nitrogens with one attached hydrogen (secondary N) is 2. The quantitative estimate of drug-likeness (QED) is 0.484. The third kappa shape index (κ3) is 6.07. The maximum absolute atomic E-state index is 13.6. The summed E-state index contributed by atoms with van der Waals surface area (Å²) in [4.78, 5) is 27.9. The molecular formula is C26H23F3N6O4. The molecule has 1 saturated heterocycles. The summed E-state index contributed by atoms with van der Waals surface area (Å²) in [6.45, 7) is 3.45. The number of anilines is 1. The van der Waals surface area contributed by atoms with E-state index in [0.29, 0.717) is 31.7 Å². The molecule has 4 rings (SSSR count). The van der Waals surface area contributed by atoms with Crippen LogP contribution in [-0.2, 0) is 6.18 Å². The Labute approximate surface area is 221 Å². The second-order valence-corrected chi connectivity index (χ2v) is 8.51. The van der Waals surface area contributed by atoms with E-state index in [1.165, 1.54) is 37.4 Å². The van der Waals surface area contributed by atoms with Crippen LogP contribution in [0.1, 0.15) is 37.5 Å². The van der Waals surface area contributed by atoms with Crippen LogP contribution in [0.25, 0.3) is 0 Å². The van der Waals surface area contributed by atoms with Crippen molar-refractivity contribution in [2.75, 3.05) is 38.6 Å². The summed E-state index contributed by atoms with van der Waals surface area (Å²) >= 11 is 0. The maximum atomic E-state index is 13.6. The number of alkyl halides is 3. The molecule has 1 aliphatic heterocycles. The Morgan fingerprint density at radius 3 is 2.51 bits per heavy atom. The highest BCUT2D eigenvalue weighted by molar-refractivity contribution is 6.07. The number of halogens is 3. The van der Waals surface area contributed by atoms with Crippen LogP contribution >= 0.6 is 0 Å². The van der Waals surface area contributed by atoms with E-state index in [1.807, 2.05) is 6.07 Å². The number of rotatable bonds is 6. The highest BCUT2D eigenvalue weighted by Gasteiger charge is 2.38. The van der Waals surface area contributed by atoms with Crippen LogP contribution in [0, 0.1) is 18.3 Å². The van der Waals surface area contributed by atoms with Crippen LogP contribution < -0.4 is 20.1 Å². The Hall–Kier alpha value is -4.70. The van der Waals surface area contributed by atoms with Crippen molar-refractivity contribution >= 4 is 17.5 Å². The summed E-state index contributed by atoms with van der Waals surface area (Å²) in [5.41, 5.74) is -1.62. The molecule has 13 heteroatoms. The largest absolute Gasteiger partial charge is 0.493 e. The normalized spacial score (nSPS) is 13.4. The van der Waals surface area contributed by atoms with E-state index in [1.54, 1.807) is 17.0 Å². The molecule has 0 saturated carbocycles. The summed E-state index contributed by atoms with van der Waals surface area (Å²) in [6.07, 6.45) is -4.88. The van der Waals surface area contributed by atoms with Crippen molar-refractivity contribution in [2.45, 2.75) is 13.1 Å². The second kappa shape index (κ2) is 11.4. The molecule has 1 fully saturated rings. The van der Waals surface area contributed by atoms with E-state index >= 15 is 0 Å². The first-order valence-corrected chi connectivity index (χ1v) is 11.7. The minimum atomic E-state index is -4.88. The topological polar surface area (TPSA) is 129 Å². The summed E-state index contributed by atoms with van der Waals surface area (Å²) in [6, 6.07) is 12.2. The molecule has 0 atom stereocenters. The van der Waals surface area contributed by atoms with Crippen molar-refractivity contribution in [2.24, 2.45) is 0 Å². The fourth-order valence-corrected chi connectivity index (χ4v) is 4.01. The summed E-state index contributed by atoms with van der Waals surface area (Å²) < 4.78 is 51.8. The van der Waals surface area contributed by atoms with Gasteiger partial charge < -0.3 is 25.0 Å². The standard InChI is InChI=1S/C26H23F3N6O4/c1-15-21(23(36)32-18-5-3-4-17(13-18)25(37)35-10-8-31-9-11-35)24(34-33-22(15)26(27,28)29)39-19-7-6-16(14-30)12-20(19)38-2/h3-7,12-13,31H,8-11H2,1-2H3,(H,32,36). The molecule has 1 aromatic heterocycles. The van der Waals surface area contributed by atoms with Gasteiger partial charge in [-0.1, -0.05) is 6.07 Å². The van der Waals surface area contributed by atoms with Gasteiger partial charge in [-0.05, 0) is 42.8 Å². The lowest BCUT2D eigenvalue weighted by atomic mass is 10.1. The zero-order chi connectivity index (χ0) is 28.2. The van der Waals surface area contributed by atoms with Crippen molar-refractivity contribution in [1.82, 2.24) is 20.4 Å². The van der Waals surface area contributed by atoms with E-state index in [0.717, 1.165) is 6.92 Å². The van der Waals surface area contributed by atoms with Crippen LogP contribution in [0.2, 0.25) is 0 Å². The molecule has 202 valence electrons. The molecule has 0 unspecified atom stereocenters. The first kappa shape index (κ1) is 27.3. The third-order valence-electron chi connectivity index (χ3n) is 5.95. The van der Waals surface area contributed by atoms with Gasteiger partial charge >= 0.3 is 6.18 Å². The average Bonchev–Trinajstić information content (AvgIpc) is 2.92. The molecule has 2 heterocycles. The van der Waals surface area contributed by atoms with Crippen molar-refractivity contribution in [3.05, 3.63) is 70.4 Å². The molecule has 2 N–H and O–H groups in total. The van der Waals surface area contributed by atoms with Gasteiger partial charge in [0.2, 0.25) is 0 Å². The van der Waals surface area contributed by atoms with Gasteiger partial charge in [-0.25, -0.2) is 0 Å². The lowest BCUT2D eigenvalue weighted by Crippen LogP contribution is -2.46. The van der Waals surface area contributed by atoms with Crippen LogP contribution in [-0.4, -0.2) is 60.2 Å². The fraction of sp³-hybridized carbons (Fsp3) is 0.269. The van der Waals surface area contributed by atoms with Crippen LogP contribution in [0.5, 0.6) is 17.4 Å². The van der Waals surface area contributed by atoms with Crippen molar-refractivity contribution in [3.8, 4) is 23.4 Å². The average molecular weight is 541 g/mol. The summed E-state index contributed by atoms with van der Waals surface area (Å²) in [7, 11) is 1.31. The number of methoxy groups -OCH3 is 1. The Kier molecular flexibility index (Phi) is 7.96. The smallest absolute Gasteiger partial charge is 0.435 e. The molecule has 39 heavy (non-hydrogen) atoms. The molecule has 2 amide bonds. The van der Waals surface area contributed by atoms with Gasteiger partial charge in [0, 0.05) is 43.5 Å². The molecule has 0 radical (unpaired) electrons. The molecule has 1 aliphatic rings. The van der Waals surface area contributed by atoms with E-state index in [9.17, 15) is 22.8 Å². The molecular weight excluding hydrogens is 517 g/mol. The number of piperazine rings is 1. The third-order valence-corrected chi connectivity index (χ3v) is 5.95. The number of aromatic nitrogens is 2. The molecule has 0 aliphatic carbocycles. The highest BCUT2D eigenvalue weighted by atomic mass is 19.4. The van der Waals surface area contributed by atoms with E-state index in [2.05, 4.69) is 20.8 Å². The molecule has 0 bridgehead atoms.